The second kappa shape index (κ2) is 8.36. The number of fused-ring (bicyclic) bond motifs is 1. The van der Waals surface area contributed by atoms with Crippen LogP contribution in [0.25, 0.3) is 21.3 Å². The average molecular weight is 388 g/mol. The minimum absolute atomic E-state index is 0.327. The third-order valence-electron chi connectivity index (χ3n) is 4.76. The molecule has 0 fully saturated rings. The van der Waals surface area contributed by atoms with Gasteiger partial charge in [-0.25, -0.2) is 4.98 Å². The van der Waals surface area contributed by atoms with E-state index in [1.54, 1.807) is 11.3 Å². The minimum atomic E-state index is 0.327. The summed E-state index contributed by atoms with van der Waals surface area (Å²) in [5.41, 5.74) is 3.86. The molecule has 0 aliphatic carbocycles. The third kappa shape index (κ3) is 3.72. The van der Waals surface area contributed by atoms with Crippen LogP contribution in [0.1, 0.15) is 44.1 Å². The lowest BCUT2D eigenvalue weighted by Gasteiger charge is -2.19. The number of aryl methyl sites for hydroxylation is 2. The molecular weight excluding hydrogens is 362 g/mol. The number of halogens is 1. The van der Waals surface area contributed by atoms with E-state index in [2.05, 4.69) is 67.0 Å². The van der Waals surface area contributed by atoms with Gasteiger partial charge in [0.2, 0.25) is 5.28 Å². The highest BCUT2D eigenvalue weighted by Gasteiger charge is 2.21. The van der Waals surface area contributed by atoms with Crippen LogP contribution in [0.4, 0.5) is 5.82 Å². The Morgan fingerprint density at radius 3 is 2.38 bits per heavy atom. The van der Waals surface area contributed by atoms with Crippen LogP contribution in [-0.2, 0) is 12.8 Å². The van der Waals surface area contributed by atoms with Gasteiger partial charge in [0.25, 0.3) is 0 Å². The van der Waals surface area contributed by atoms with E-state index in [9.17, 15) is 0 Å². The highest BCUT2D eigenvalue weighted by Crippen LogP contribution is 2.42. The summed E-state index contributed by atoms with van der Waals surface area (Å²) in [4.78, 5) is 13.7. The highest BCUT2D eigenvalue weighted by molar-refractivity contribution is 7.19. The number of aromatic nitrogens is 2. The summed E-state index contributed by atoms with van der Waals surface area (Å²) in [7, 11) is 2.10. The predicted molar refractivity (Wildman–Crippen MR) is 115 cm³/mol. The molecule has 2 aromatic heterocycles. The van der Waals surface area contributed by atoms with Gasteiger partial charge in [0.15, 0.2) is 0 Å². The van der Waals surface area contributed by atoms with E-state index in [0.29, 0.717) is 5.28 Å². The maximum absolute atomic E-state index is 6.25. The molecule has 2 heterocycles. The van der Waals surface area contributed by atoms with Crippen molar-refractivity contribution >= 4 is 39.0 Å². The summed E-state index contributed by atoms with van der Waals surface area (Å²) >= 11 is 7.99. The molecule has 3 aromatic rings. The van der Waals surface area contributed by atoms with Crippen LogP contribution in [0.5, 0.6) is 0 Å². The van der Waals surface area contributed by atoms with Crippen LogP contribution in [0.3, 0.4) is 0 Å². The Morgan fingerprint density at radius 2 is 1.77 bits per heavy atom. The highest BCUT2D eigenvalue weighted by atomic mass is 35.5. The molecule has 0 aliphatic rings. The number of thiophene rings is 1. The summed E-state index contributed by atoms with van der Waals surface area (Å²) in [6.45, 7) is 7.55. The monoisotopic (exact) mass is 387 g/mol. The molecule has 5 heteroatoms. The Labute approximate surface area is 165 Å². The number of unbranched alkanes of at least 4 members (excludes halogenated alkanes) is 1. The molecule has 3 rings (SSSR count). The molecule has 0 unspecified atom stereocenters. The molecule has 0 amide bonds. The molecule has 0 saturated carbocycles. The first-order chi connectivity index (χ1) is 12.6. The van der Waals surface area contributed by atoms with Gasteiger partial charge in [-0.05, 0) is 42.0 Å². The smallest absolute Gasteiger partial charge is 0.225 e. The molecule has 0 aliphatic heterocycles. The van der Waals surface area contributed by atoms with Crippen molar-refractivity contribution in [3.8, 4) is 11.1 Å². The molecule has 0 radical (unpaired) electrons. The Bertz CT molecular complexity index is 886. The van der Waals surface area contributed by atoms with Gasteiger partial charge in [-0.2, -0.15) is 4.98 Å². The fourth-order valence-corrected chi connectivity index (χ4v) is 4.58. The fourth-order valence-electron chi connectivity index (χ4n) is 3.24. The van der Waals surface area contributed by atoms with Crippen molar-refractivity contribution in [1.82, 2.24) is 9.97 Å². The van der Waals surface area contributed by atoms with Crippen LogP contribution >= 0.6 is 22.9 Å². The largest absolute Gasteiger partial charge is 0.359 e. The summed E-state index contributed by atoms with van der Waals surface area (Å²) in [5.74, 6) is 0.943. The Kier molecular flexibility index (Phi) is 6.15. The zero-order valence-corrected chi connectivity index (χ0v) is 17.5. The van der Waals surface area contributed by atoms with Crippen molar-refractivity contribution < 1.29 is 0 Å². The number of rotatable bonds is 7. The van der Waals surface area contributed by atoms with Crippen LogP contribution in [0, 0.1) is 0 Å². The Morgan fingerprint density at radius 1 is 1.04 bits per heavy atom. The van der Waals surface area contributed by atoms with Crippen LogP contribution in [0.15, 0.2) is 24.3 Å². The zero-order valence-electron chi connectivity index (χ0n) is 16.0. The quantitative estimate of drug-likeness (QED) is 0.441. The molecule has 0 bridgehead atoms. The van der Waals surface area contributed by atoms with E-state index >= 15 is 0 Å². The fraction of sp³-hybridized carbons (Fsp3) is 0.429. The predicted octanol–water partition coefficient (Wildman–Crippen LogP) is 6.37. The van der Waals surface area contributed by atoms with Gasteiger partial charge in [0, 0.05) is 24.0 Å². The van der Waals surface area contributed by atoms with Gasteiger partial charge in [0.05, 0.1) is 5.39 Å². The van der Waals surface area contributed by atoms with Gasteiger partial charge in [-0.1, -0.05) is 51.5 Å². The Balaban J connectivity index is 2.22. The van der Waals surface area contributed by atoms with Gasteiger partial charge >= 0.3 is 0 Å². The maximum atomic E-state index is 6.25. The van der Waals surface area contributed by atoms with Crippen molar-refractivity contribution in [1.29, 1.82) is 0 Å². The topological polar surface area (TPSA) is 29.0 Å². The number of hydrogen-bond acceptors (Lipinski definition) is 4. The van der Waals surface area contributed by atoms with E-state index in [0.717, 1.165) is 48.3 Å². The van der Waals surface area contributed by atoms with E-state index < -0.39 is 0 Å². The van der Waals surface area contributed by atoms with E-state index in [1.807, 2.05) is 0 Å². The molecule has 138 valence electrons. The first-order valence-corrected chi connectivity index (χ1v) is 10.6. The molecular formula is C21H26ClN3S. The van der Waals surface area contributed by atoms with Gasteiger partial charge in [-0.3, -0.25) is 0 Å². The van der Waals surface area contributed by atoms with E-state index in [-0.39, 0.29) is 0 Å². The summed E-state index contributed by atoms with van der Waals surface area (Å²) in [5, 5.41) is 1.46. The van der Waals surface area contributed by atoms with Crippen LogP contribution in [0.2, 0.25) is 5.28 Å². The van der Waals surface area contributed by atoms with Crippen molar-refractivity contribution in [3.63, 3.8) is 0 Å². The summed E-state index contributed by atoms with van der Waals surface area (Å²) in [6.07, 6.45) is 4.31. The number of hydrogen-bond donors (Lipinski definition) is 0. The molecule has 1 aromatic carbocycles. The zero-order chi connectivity index (χ0) is 18.7. The van der Waals surface area contributed by atoms with Gasteiger partial charge in [0.1, 0.15) is 10.6 Å². The average Bonchev–Trinajstić information content (AvgIpc) is 3.03. The lowest BCUT2D eigenvalue weighted by molar-refractivity contribution is 0.761. The first-order valence-electron chi connectivity index (χ1n) is 9.38. The lowest BCUT2D eigenvalue weighted by atomic mass is 10.00. The van der Waals surface area contributed by atoms with Gasteiger partial charge < -0.3 is 4.90 Å². The summed E-state index contributed by atoms with van der Waals surface area (Å²) < 4.78 is 0. The Hall–Kier alpha value is -1.65. The molecule has 3 nitrogen and oxygen atoms in total. The number of nitrogens with zero attached hydrogens (tertiary/aromatic N) is 3. The van der Waals surface area contributed by atoms with Crippen molar-refractivity contribution in [2.45, 2.75) is 46.5 Å². The molecule has 0 atom stereocenters. The minimum Gasteiger partial charge on any atom is -0.359 e. The van der Waals surface area contributed by atoms with Crippen LogP contribution in [-0.4, -0.2) is 23.6 Å². The van der Waals surface area contributed by atoms with Crippen molar-refractivity contribution in [2.24, 2.45) is 0 Å². The molecule has 0 saturated heterocycles. The van der Waals surface area contributed by atoms with Gasteiger partial charge in [-0.15, -0.1) is 11.3 Å². The van der Waals surface area contributed by atoms with Crippen LogP contribution < -0.4 is 4.90 Å². The third-order valence-corrected chi connectivity index (χ3v) is 6.16. The lowest BCUT2D eigenvalue weighted by Crippen LogP contribution is -2.20. The van der Waals surface area contributed by atoms with E-state index in [4.69, 9.17) is 11.6 Å². The van der Waals surface area contributed by atoms with Crippen molar-refractivity contribution in [3.05, 3.63) is 40.0 Å². The number of anilines is 1. The summed E-state index contributed by atoms with van der Waals surface area (Å²) in [6, 6.07) is 8.89. The second-order valence-electron chi connectivity index (χ2n) is 6.58. The standard InChI is InChI=1S/C21H26ClN3S/c1-5-8-13-25(4)19-18-17(15-11-9-14(6-2)10-12-15)16(7-3)26-20(18)24-21(22)23-19/h9-12H,5-8,13H2,1-4H3. The maximum Gasteiger partial charge on any atom is 0.225 e. The molecule has 26 heavy (non-hydrogen) atoms. The SMILES string of the molecule is CCCCN(C)c1nc(Cl)nc2sc(CC)c(-c3ccc(CC)cc3)c12. The molecule has 0 N–H and O–H groups in total. The normalized spacial score (nSPS) is 11.3. The first kappa shape index (κ1) is 19.1. The second-order valence-corrected chi connectivity index (χ2v) is 8.00. The molecule has 0 spiro atoms. The number of benzene rings is 1. The van der Waals surface area contributed by atoms with Crippen molar-refractivity contribution in [2.75, 3.05) is 18.5 Å². The van der Waals surface area contributed by atoms with E-state index in [1.165, 1.54) is 21.6 Å².